The summed E-state index contributed by atoms with van der Waals surface area (Å²) < 4.78 is 5.50. The Balaban J connectivity index is 3.06. The average Bonchev–Trinajstić information content (AvgIpc) is 2.72. The van der Waals surface area contributed by atoms with Gasteiger partial charge in [-0.3, -0.25) is 9.59 Å². The van der Waals surface area contributed by atoms with Crippen molar-refractivity contribution in [3.63, 3.8) is 0 Å². The molecule has 0 saturated heterocycles. The Bertz CT molecular complexity index is 393. The van der Waals surface area contributed by atoms with E-state index in [1.54, 1.807) is 20.8 Å². The van der Waals surface area contributed by atoms with Gasteiger partial charge in [-0.2, -0.15) is 0 Å². The second-order valence-corrected chi connectivity index (χ2v) is 7.06. The highest BCUT2D eigenvalue weighted by Gasteiger charge is 2.51. The second-order valence-electron chi connectivity index (χ2n) is 7.06. The molecule has 0 fully saturated rings. The second kappa shape index (κ2) is 5.98. The van der Waals surface area contributed by atoms with E-state index in [0.717, 1.165) is 0 Å². The molecular formula is C16H26O4. The lowest BCUT2D eigenvalue weighted by Gasteiger charge is -2.36. The Hall–Kier alpha value is -1.32. The van der Waals surface area contributed by atoms with Crippen molar-refractivity contribution in [2.75, 3.05) is 0 Å². The van der Waals surface area contributed by atoms with Crippen molar-refractivity contribution in [1.82, 2.24) is 0 Å². The molecule has 0 heterocycles. The summed E-state index contributed by atoms with van der Waals surface area (Å²) in [5, 5.41) is 9.56. The first kappa shape index (κ1) is 16.7. The molecule has 114 valence electrons. The van der Waals surface area contributed by atoms with Gasteiger partial charge in [-0.25, -0.2) is 0 Å². The van der Waals surface area contributed by atoms with Gasteiger partial charge in [-0.15, -0.1) is 0 Å². The molecule has 1 atom stereocenters. The normalized spacial score (nSPS) is 19.1. The van der Waals surface area contributed by atoms with Gasteiger partial charge in [-0.1, -0.05) is 26.0 Å². The van der Waals surface area contributed by atoms with Crippen molar-refractivity contribution in [3.8, 4) is 0 Å². The number of carbonyl (C=O) groups excluding carboxylic acids is 1. The summed E-state index contributed by atoms with van der Waals surface area (Å²) in [4.78, 5) is 24.2. The molecule has 0 aromatic carbocycles. The first-order chi connectivity index (χ1) is 9.08. The van der Waals surface area contributed by atoms with Crippen molar-refractivity contribution >= 4 is 11.9 Å². The number of hydrogen-bond donors (Lipinski definition) is 1. The van der Waals surface area contributed by atoms with Gasteiger partial charge in [0.1, 0.15) is 5.60 Å². The number of aliphatic carboxylic acids is 1. The fourth-order valence-electron chi connectivity index (χ4n) is 2.68. The third kappa shape index (κ3) is 3.84. The molecule has 1 aliphatic carbocycles. The molecule has 20 heavy (non-hydrogen) atoms. The minimum absolute atomic E-state index is 0.219. The number of carboxylic acid groups (broad SMARTS) is 1. The van der Waals surface area contributed by atoms with Crippen LogP contribution in [0.1, 0.15) is 53.9 Å². The van der Waals surface area contributed by atoms with Crippen LogP contribution in [-0.2, 0) is 14.3 Å². The van der Waals surface area contributed by atoms with Gasteiger partial charge >= 0.3 is 11.9 Å². The van der Waals surface area contributed by atoms with Crippen LogP contribution >= 0.6 is 0 Å². The van der Waals surface area contributed by atoms with Gasteiger partial charge in [-0.05, 0) is 46.0 Å². The van der Waals surface area contributed by atoms with Gasteiger partial charge in [0.2, 0.25) is 0 Å². The Labute approximate surface area is 121 Å². The van der Waals surface area contributed by atoms with Crippen molar-refractivity contribution in [3.05, 3.63) is 12.2 Å². The summed E-state index contributed by atoms with van der Waals surface area (Å²) >= 11 is 0. The first-order valence-electron chi connectivity index (χ1n) is 7.20. The lowest BCUT2D eigenvalue weighted by atomic mass is 9.70. The van der Waals surface area contributed by atoms with E-state index in [2.05, 4.69) is 0 Å². The number of hydrogen-bond acceptors (Lipinski definition) is 3. The molecule has 0 aromatic heterocycles. The van der Waals surface area contributed by atoms with Crippen molar-refractivity contribution in [1.29, 1.82) is 0 Å². The topological polar surface area (TPSA) is 63.6 Å². The van der Waals surface area contributed by atoms with E-state index in [0.29, 0.717) is 19.3 Å². The van der Waals surface area contributed by atoms with E-state index >= 15 is 0 Å². The highest BCUT2D eigenvalue weighted by Crippen LogP contribution is 2.45. The third-order valence-electron chi connectivity index (χ3n) is 3.61. The van der Waals surface area contributed by atoms with E-state index < -0.39 is 22.9 Å². The van der Waals surface area contributed by atoms with E-state index in [1.807, 2.05) is 26.0 Å². The van der Waals surface area contributed by atoms with E-state index in [-0.39, 0.29) is 11.9 Å². The molecule has 0 bridgehead atoms. The zero-order valence-corrected chi connectivity index (χ0v) is 13.1. The average molecular weight is 282 g/mol. The third-order valence-corrected chi connectivity index (χ3v) is 3.61. The SMILES string of the molecule is CC(C)CC(C(=O)O)C1(C(=O)OC(C)(C)C)CC=CC1. The Morgan fingerprint density at radius 1 is 1.25 bits per heavy atom. The van der Waals surface area contributed by atoms with Crippen LogP contribution in [0, 0.1) is 17.3 Å². The molecule has 0 amide bonds. The maximum absolute atomic E-state index is 12.6. The largest absolute Gasteiger partial charge is 0.481 e. The van der Waals surface area contributed by atoms with E-state index in [9.17, 15) is 14.7 Å². The lowest BCUT2D eigenvalue weighted by Crippen LogP contribution is -2.45. The van der Waals surface area contributed by atoms with Crippen LogP contribution in [0.4, 0.5) is 0 Å². The highest BCUT2D eigenvalue weighted by molar-refractivity contribution is 5.85. The van der Waals surface area contributed by atoms with Crippen LogP contribution < -0.4 is 0 Å². The molecule has 0 spiro atoms. The predicted molar refractivity (Wildman–Crippen MR) is 77.2 cm³/mol. The van der Waals surface area contributed by atoms with Gasteiger partial charge in [0.05, 0.1) is 11.3 Å². The van der Waals surface area contributed by atoms with Gasteiger partial charge in [0, 0.05) is 0 Å². The smallest absolute Gasteiger partial charge is 0.314 e. The zero-order valence-electron chi connectivity index (χ0n) is 13.1. The molecule has 1 N–H and O–H groups in total. The molecule has 0 radical (unpaired) electrons. The predicted octanol–water partition coefficient (Wildman–Crippen LogP) is 3.41. The minimum Gasteiger partial charge on any atom is -0.481 e. The Morgan fingerprint density at radius 3 is 2.10 bits per heavy atom. The summed E-state index contributed by atoms with van der Waals surface area (Å²) in [6.07, 6.45) is 5.16. The lowest BCUT2D eigenvalue weighted by molar-refractivity contribution is -0.176. The van der Waals surface area contributed by atoms with Crippen LogP contribution in [0.3, 0.4) is 0 Å². The van der Waals surface area contributed by atoms with E-state index in [1.165, 1.54) is 0 Å². The summed E-state index contributed by atoms with van der Waals surface area (Å²) in [5.41, 5.74) is -1.54. The molecule has 1 unspecified atom stereocenters. The van der Waals surface area contributed by atoms with Crippen LogP contribution in [0.15, 0.2) is 12.2 Å². The first-order valence-corrected chi connectivity index (χ1v) is 7.20. The maximum atomic E-state index is 12.6. The van der Waals surface area contributed by atoms with Crippen molar-refractivity contribution in [2.24, 2.45) is 17.3 Å². The summed E-state index contributed by atoms with van der Waals surface area (Å²) in [6, 6.07) is 0. The molecule has 0 aromatic rings. The molecular weight excluding hydrogens is 256 g/mol. The minimum atomic E-state index is -0.941. The molecule has 0 saturated carbocycles. The number of ether oxygens (including phenoxy) is 1. The summed E-state index contributed by atoms with van der Waals surface area (Å²) in [6.45, 7) is 9.36. The van der Waals surface area contributed by atoms with Crippen LogP contribution in [0.25, 0.3) is 0 Å². The number of rotatable bonds is 5. The number of allylic oxidation sites excluding steroid dienone is 2. The number of carbonyl (C=O) groups is 2. The van der Waals surface area contributed by atoms with Crippen molar-refractivity contribution < 1.29 is 19.4 Å². The fraction of sp³-hybridized carbons (Fsp3) is 0.750. The maximum Gasteiger partial charge on any atom is 0.314 e. The molecule has 4 nitrogen and oxygen atoms in total. The summed E-state index contributed by atoms with van der Waals surface area (Å²) in [5.74, 6) is -1.78. The number of carboxylic acids is 1. The van der Waals surface area contributed by atoms with Crippen molar-refractivity contribution in [2.45, 2.75) is 59.5 Å². The van der Waals surface area contributed by atoms with Gasteiger partial charge in [0.15, 0.2) is 0 Å². The van der Waals surface area contributed by atoms with Crippen LogP contribution in [-0.4, -0.2) is 22.6 Å². The molecule has 0 aliphatic heterocycles. The summed E-state index contributed by atoms with van der Waals surface area (Å²) in [7, 11) is 0. The standard InChI is InChI=1S/C16H26O4/c1-11(2)10-12(13(17)18)16(8-6-7-9-16)14(19)20-15(3,4)5/h6-7,11-12H,8-10H2,1-5H3,(H,17,18). The molecule has 4 heteroatoms. The Kier molecular flexibility index (Phi) is 5.00. The molecule has 1 aliphatic rings. The quantitative estimate of drug-likeness (QED) is 0.620. The van der Waals surface area contributed by atoms with Crippen LogP contribution in [0.5, 0.6) is 0 Å². The monoisotopic (exact) mass is 282 g/mol. The van der Waals surface area contributed by atoms with Gasteiger partial charge in [0.25, 0.3) is 0 Å². The Morgan fingerprint density at radius 2 is 1.75 bits per heavy atom. The molecule has 1 rings (SSSR count). The zero-order chi connectivity index (χ0) is 15.6. The van der Waals surface area contributed by atoms with E-state index in [4.69, 9.17) is 4.74 Å². The number of esters is 1. The fourth-order valence-corrected chi connectivity index (χ4v) is 2.68. The highest BCUT2D eigenvalue weighted by atomic mass is 16.6. The van der Waals surface area contributed by atoms with Gasteiger partial charge < -0.3 is 9.84 Å². The van der Waals surface area contributed by atoms with Crippen LogP contribution in [0.2, 0.25) is 0 Å².